The predicted octanol–water partition coefficient (Wildman–Crippen LogP) is 3.32. The van der Waals surface area contributed by atoms with Gasteiger partial charge < -0.3 is 5.32 Å². The van der Waals surface area contributed by atoms with Crippen LogP contribution < -0.4 is 5.32 Å². The van der Waals surface area contributed by atoms with Gasteiger partial charge in [0.2, 0.25) is 0 Å². The van der Waals surface area contributed by atoms with E-state index in [-0.39, 0.29) is 0 Å². The predicted molar refractivity (Wildman–Crippen MR) is 70.0 cm³/mol. The maximum absolute atomic E-state index is 3.48. The molecule has 16 heavy (non-hydrogen) atoms. The third kappa shape index (κ3) is 2.15. The van der Waals surface area contributed by atoms with Crippen molar-refractivity contribution in [3.05, 3.63) is 34.4 Å². The molecular weight excluding hydrogens is 194 g/mol. The number of hydrogen-bond acceptors (Lipinski definition) is 1. The van der Waals surface area contributed by atoms with Crippen LogP contribution in [0.3, 0.4) is 0 Å². The van der Waals surface area contributed by atoms with Gasteiger partial charge in [-0.15, -0.1) is 0 Å². The summed E-state index contributed by atoms with van der Waals surface area (Å²) in [5.74, 6) is 1.51. The standard InChI is InChI=1S/C15H23N/c1-10-7-12(3)15(8-11(10)2)14-5-6-16-9-13(14)4/h7-8,13-14,16H,5-6,9H2,1-4H3. The molecule has 0 aromatic heterocycles. The van der Waals surface area contributed by atoms with Crippen LogP contribution in [0.15, 0.2) is 12.1 Å². The molecule has 0 aliphatic carbocycles. The highest BCUT2D eigenvalue weighted by atomic mass is 14.9. The van der Waals surface area contributed by atoms with E-state index in [0.29, 0.717) is 0 Å². The molecular formula is C15H23N. The van der Waals surface area contributed by atoms with Crippen molar-refractivity contribution in [2.24, 2.45) is 5.92 Å². The fourth-order valence-electron chi connectivity index (χ4n) is 2.86. The molecule has 1 heteroatoms. The second-order valence-electron chi connectivity index (χ2n) is 5.37. The Morgan fingerprint density at radius 2 is 1.75 bits per heavy atom. The molecule has 88 valence electrons. The molecule has 1 aliphatic rings. The molecule has 1 fully saturated rings. The molecule has 1 saturated heterocycles. The van der Waals surface area contributed by atoms with E-state index in [9.17, 15) is 0 Å². The van der Waals surface area contributed by atoms with E-state index in [1.54, 1.807) is 5.56 Å². The lowest BCUT2D eigenvalue weighted by atomic mass is 9.79. The van der Waals surface area contributed by atoms with E-state index < -0.39 is 0 Å². The van der Waals surface area contributed by atoms with Crippen LogP contribution in [0.1, 0.15) is 41.5 Å². The van der Waals surface area contributed by atoms with Gasteiger partial charge >= 0.3 is 0 Å². The van der Waals surface area contributed by atoms with Crippen LogP contribution in [0.25, 0.3) is 0 Å². The molecule has 2 unspecified atom stereocenters. The topological polar surface area (TPSA) is 12.0 Å². The molecule has 0 radical (unpaired) electrons. The lowest BCUT2D eigenvalue weighted by molar-refractivity contribution is 0.348. The van der Waals surface area contributed by atoms with E-state index in [1.807, 2.05) is 0 Å². The Kier molecular flexibility index (Phi) is 3.34. The first-order chi connectivity index (χ1) is 7.59. The van der Waals surface area contributed by atoms with Gasteiger partial charge in [0.25, 0.3) is 0 Å². The Morgan fingerprint density at radius 3 is 2.44 bits per heavy atom. The Hall–Kier alpha value is -0.820. The summed E-state index contributed by atoms with van der Waals surface area (Å²) >= 11 is 0. The highest BCUT2D eigenvalue weighted by Crippen LogP contribution is 2.33. The van der Waals surface area contributed by atoms with Crippen LogP contribution in [0, 0.1) is 26.7 Å². The van der Waals surface area contributed by atoms with Crippen LogP contribution >= 0.6 is 0 Å². The number of benzene rings is 1. The number of aryl methyl sites for hydroxylation is 3. The molecule has 0 bridgehead atoms. The minimum atomic E-state index is 0.751. The summed E-state index contributed by atoms with van der Waals surface area (Å²) in [5.41, 5.74) is 5.91. The van der Waals surface area contributed by atoms with Gasteiger partial charge in [0, 0.05) is 0 Å². The average Bonchev–Trinajstić information content (AvgIpc) is 2.25. The summed E-state index contributed by atoms with van der Waals surface area (Å²) in [6, 6.07) is 4.76. The van der Waals surface area contributed by atoms with Crippen molar-refractivity contribution >= 4 is 0 Å². The number of piperidine rings is 1. The zero-order valence-electron chi connectivity index (χ0n) is 10.9. The van der Waals surface area contributed by atoms with Gasteiger partial charge in [-0.1, -0.05) is 19.1 Å². The van der Waals surface area contributed by atoms with E-state index in [0.717, 1.165) is 18.4 Å². The highest BCUT2D eigenvalue weighted by molar-refractivity contribution is 5.39. The zero-order valence-corrected chi connectivity index (χ0v) is 10.9. The summed E-state index contributed by atoms with van der Waals surface area (Å²) in [5, 5.41) is 3.48. The molecule has 1 heterocycles. The first kappa shape index (κ1) is 11.7. The van der Waals surface area contributed by atoms with Crippen molar-refractivity contribution < 1.29 is 0 Å². The second-order valence-corrected chi connectivity index (χ2v) is 5.37. The SMILES string of the molecule is Cc1cc(C)c(C2CCNCC2C)cc1C. The van der Waals surface area contributed by atoms with Gasteiger partial charge in [0.05, 0.1) is 0 Å². The fourth-order valence-corrected chi connectivity index (χ4v) is 2.86. The molecule has 0 saturated carbocycles. The Balaban J connectivity index is 2.35. The van der Waals surface area contributed by atoms with Crippen molar-refractivity contribution in [3.63, 3.8) is 0 Å². The third-order valence-electron chi connectivity index (χ3n) is 4.07. The van der Waals surface area contributed by atoms with Crippen molar-refractivity contribution in [2.75, 3.05) is 13.1 Å². The Morgan fingerprint density at radius 1 is 1.06 bits per heavy atom. The summed E-state index contributed by atoms with van der Waals surface area (Å²) in [7, 11) is 0. The number of rotatable bonds is 1. The maximum atomic E-state index is 3.48. The van der Waals surface area contributed by atoms with Crippen molar-refractivity contribution in [3.8, 4) is 0 Å². The van der Waals surface area contributed by atoms with Crippen molar-refractivity contribution in [1.29, 1.82) is 0 Å². The van der Waals surface area contributed by atoms with Gasteiger partial charge in [-0.05, 0) is 74.4 Å². The fraction of sp³-hybridized carbons (Fsp3) is 0.600. The molecule has 0 amide bonds. The van der Waals surface area contributed by atoms with Crippen LogP contribution in [-0.4, -0.2) is 13.1 Å². The van der Waals surface area contributed by atoms with Gasteiger partial charge in [-0.25, -0.2) is 0 Å². The number of hydrogen-bond donors (Lipinski definition) is 1. The van der Waals surface area contributed by atoms with Crippen LogP contribution in [-0.2, 0) is 0 Å². The first-order valence-corrected chi connectivity index (χ1v) is 6.38. The number of nitrogens with one attached hydrogen (secondary N) is 1. The van der Waals surface area contributed by atoms with Crippen LogP contribution in [0.2, 0.25) is 0 Å². The maximum Gasteiger partial charge on any atom is -0.00173 e. The molecule has 0 spiro atoms. The Bertz CT molecular complexity index is 381. The van der Waals surface area contributed by atoms with Crippen LogP contribution in [0.5, 0.6) is 0 Å². The van der Waals surface area contributed by atoms with E-state index in [2.05, 4.69) is 45.1 Å². The van der Waals surface area contributed by atoms with E-state index in [1.165, 1.54) is 29.7 Å². The van der Waals surface area contributed by atoms with Gasteiger partial charge in [0.1, 0.15) is 0 Å². The summed E-state index contributed by atoms with van der Waals surface area (Å²) in [4.78, 5) is 0. The lowest BCUT2D eigenvalue weighted by Gasteiger charge is -2.31. The summed E-state index contributed by atoms with van der Waals surface area (Å²) < 4.78 is 0. The molecule has 1 aromatic carbocycles. The zero-order chi connectivity index (χ0) is 11.7. The molecule has 1 aromatic rings. The van der Waals surface area contributed by atoms with E-state index >= 15 is 0 Å². The first-order valence-electron chi connectivity index (χ1n) is 6.38. The molecule has 2 rings (SSSR count). The molecule has 1 N–H and O–H groups in total. The molecule has 1 nitrogen and oxygen atoms in total. The second kappa shape index (κ2) is 4.58. The molecule has 2 atom stereocenters. The van der Waals surface area contributed by atoms with Gasteiger partial charge in [-0.3, -0.25) is 0 Å². The minimum absolute atomic E-state index is 0.751. The lowest BCUT2D eigenvalue weighted by Crippen LogP contribution is -2.34. The summed E-state index contributed by atoms with van der Waals surface area (Å²) in [6.07, 6.45) is 1.28. The van der Waals surface area contributed by atoms with Gasteiger partial charge in [0.15, 0.2) is 0 Å². The average molecular weight is 217 g/mol. The van der Waals surface area contributed by atoms with Crippen molar-refractivity contribution in [2.45, 2.75) is 40.0 Å². The van der Waals surface area contributed by atoms with Crippen LogP contribution in [0.4, 0.5) is 0 Å². The quantitative estimate of drug-likeness (QED) is 0.761. The van der Waals surface area contributed by atoms with E-state index in [4.69, 9.17) is 0 Å². The monoisotopic (exact) mass is 217 g/mol. The van der Waals surface area contributed by atoms with Crippen molar-refractivity contribution in [1.82, 2.24) is 5.32 Å². The smallest absolute Gasteiger partial charge is 0.00173 e. The summed E-state index contributed by atoms with van der Waals surface area (Å²) in [6.45, 7) is 11.4. The third-order valence-corrected chi connectivity index (χ3v) is 4.07. The largest absolute Gasteiger partial charge is 0.316 e. The van der Waals surface area contributed by atoms with Gasteiger partial charge in [-0.2, -0.15) is 0 Å². The molecule has 1 aliphatic heterocycles. The Labute approximate surface area is 99.3 Å². The minimum Gasteiger partial charge on any atom is -0.316 e. The normalized spacial score (nSPS) is 25.8. The highest BCUT2D eigenvalue weighted by Gasteiger charge is 2.24.